The maximum absolute atomic E-state index is 9.62. The Labute approximate surface area is 212 Å². The standard InChI is InChI=1S/C23H15Cl2I2NO2/c1-29-22-10-14(8-17(12-28)15-3-6-19(26)7-4-15)9-21(27)23(22)30-13-16-2-5-18(24)11-20(16)25/h2-11H,13H2,1H3/b17-8-. The summed E-state index contributed by atoms with van der Waals surface area (Å²) in [4.78, 5) is 0. The minimum Gasteiger partial charge on any atom is -0.493 e. The maximum atomic E-state index is 9.62. The van der Waals surface area contributed by atoms with Crippen molar-refractivity contribution in [3.8, 4) is 17.6 Å². The summed E-state index contributed by atoms with van der Waals surface area (Å²) < 4.78 is 13.5. The molecule has 152 valence electrons. The molecule has 0 aromatic heterocycles. The molecule has 0 heterocycles. The summed E-state index contributed by atoms with van der Waals surface area (Å²) in [5.41, 5.74) is 3.12. The summed E-state index contributed by atoms with van der Waals surface area (Å²) in [5, 5.41) is 10.7. The van der Waals surface area contributed by atoms with Gasteiger partial charge in [-0.1, -0.05) is 41.4 Å². The van der Waals surface area contributed by atoms with Crippen molar-refractivity contribution in [2.45, 2.75) is 6.61 Å². The van der Waals surface area contributed by atoms with Gasteiger partial charge in [-0.15, -0.1) is 0 Å². The molecule has 0 saturated carbocycles. The lowest BCUT2D eigenvalue weighted by atomic mass is 10.0. The predicted octanol–water partition coefficient (Wildman–Crippen LogP) is 7.85. The fraction of sp³-hybridized carbons (Fsp3) is 0.0870. The van der Waals surface area contributed by atoms with Crippen LogP contribution in [0.25, 0.3) is 11.6 Å². The van der Waals surface area contributed by atoms with Crippen molar-refractivity contribution in [1.82, 2.24) is 0 Å². The van der Waals surface area contributed by atoms with E-state index in [4.69, 9.17) is 32.7 Å². The van der Waals surface area contributed by atoms with E-state index >= 15 is 0 Å². The van der Waals surface area contributed by atoms with Gasteiger partial charge in [-0.25, -0.2) is 0 Å². The van der Waals surface area contributed by atoms with Crippen LogP contribution in [0.4, 0.5) is 0 Å². The van der Waals surface area contributed by atoms with E-state index in [1.807, 2.05) is 48.5 Å². The normalized spacial score (nSPS) is 11.1. The number of hydrogen-bond acceptors (Lipinski definition) is 3. The Kier molecular flexibility index (Phi) is 8.28. The van der Waals surface area contributed by atoms with Crippen LogP contribution in [0.3, 0.4) is 0 Å². The van der Waals surface area contributed by atoms with Gasteiger partial charge in [0.15, 0.2) is 11.5 Å². The van der Waals surface area contributed by atoms with Gasteiger partial charge in [-0.2, -0.15) is 5.26 Å². The Morgan fingerprint density at radius 3 is 2.43 bits per heavy atom. The molecule has 3 nitrogen and oxygen atoms in total. The lowest BCUT2D eigenvalue weighted by Crippen LogP contribution is -2.01. The van der Waals surface area contributed by atoms with E-state index in [1.165, 1.54) is 0 Å². The molecule has 0 aliphatic heterocycles. The molecule has 0 aliphatic rings. The minimum absolute atomic E-state index is 0.281. The first-order valence-corrected chi connectivity index (χ1v) is 11.6. The second-order valence-corrected chi connectivity index (χ2v) is 9.49. The average molecular weight is 662 g/mol. The number of benzene rings is 3. The zero-order valence-corrected chi connectivity index (χ0v) is 21.6. The summed E-state index contributed by atoms with van der Waals surface area (Å²) in [6.45, 7) is 0.281. The molecule has 0 spiro atoms. The van der Waals surface area contributed by atoms with Crippen LogP contribution in [0.1, 0.15) is 16.7 Å². The van der Waals surface area contributed by atoms with Gasteiger partial charge in [0.1, 0.15) is 6.61 Å². The molecule has 0 radical (unpaired) electrons. The van der Waals surface area contributed by atoms with Gasteiger partial charge in [-0.3, -0.25) is 0 Å². The summed E-state index contributed by atoms with van der Waals surface area (Å²) >= 11 is 16.6. The average Bonchev–Trinajstić information content (AvgIpc) is 2.72. The van der Waals surface area contributed by atoms with Gasteiger partial charge in [0.2, 0.25) is 0 Å². The number of ether oxygens (including phenoxy) is 2. The fourth-order valence-corrected chi connectivity index (χ4v) is 4.33. The Morgan fingerprint density at radius 1 is 1.07 bits per heavy atom. The molecule has 30 heavy (non-hydrogen) atoms. The summed E-state index contributed by atoms with van der Waals surface area (Å²) in [5.74, 6) is 1.20. The first-order valence-electron chi connectivity index (χ1n) is 8.73. The van der Waals surface area contributed by atoms with Crippen LogP contribution in [-0.2, 0) is 6.61 Å². The third-order valence-electron chi connectivity index (χ3n) is 4.23. The highest BCUT2D eigenvalue weighted by Crippen LogP contribution is 2.36. The van der Waals surface area contributed by atoms with E-state index in [-0.39, 0.29) is 6.61 Å². The Bertz CT molecular complexity index is 1140. The van der Waals surface area contributed by atoms with Crippen molar-refractivity contribution in [3.63, 3.8) is 0 Å². The van der Waals surface area contributed by atoms with Crippen molar-refractivity contribution < 1.29 is 9.47 Å². The Hall–Kier alpha value is -1.47. The first kappa shape index (κ1) is 23.2. The zero-order valence-electron chi connectivity index (χ0n) is 15.8. The topological polar surface area (TPSA) is 42.2 Å². The highest BCUT2D eigenvalue weighted by Gasteiger charge is 2.13. The number of halogens is 4. The van der Waals surface area contributed by atoms with Crippen LogP contribution in [0, 0.1) is 18.5 Å². The van der Waals surface area contributed by atoms with Crippen molar-refractivity contribution in [1.29, 1.82) is 5.26 Å². The van der Waals surface area contributed by atoms with Gasteiger partial charge in [0, 0.05) is 19.2 Å². The van der Waals surface area contributed by atoms with Crippen LogP contribution < -0.4 is 9.47 Å². The highest BCUT2D eigenvalue weighted by atomic mass is 127. The van der Waals surface area contributed by atoms with Gasteiger partial charge in [-0.05, 0) is 98.8 Å². The van der Waals surface area contributed by atoms with Crippen LogP contribution in [0.5, 0.6) is 11.5 Å². The molecule has 0 aliphatic carbocycles. The summed E-state index contributed by atoms with van der Waals surface area (Å²) in [6.07, 6.45) is 1.84. The van der Waals surface area contributed by atoms with Crippen LogP contribution in [0.2, 0.25) is 10.0 Å². The molecular formula is C23H15Cl2I2NO2. The number of methoxy groups -OCH3 is 1. The summed E-state index contributed by atoms with van der Waals surface area (Å²) in [6, 6.07) is 19.2. The van der Waals surface area contributed by atoms with Crippen LogP contribution >= 0.6 is 68.4 Å². The third-order valence-corrected chi connectivity index (χ3v) is 6.33. The molecular weight excluding hydrogens is 647 g/mol. The van der Waals surface area contributed by atoms with Crippen molar-refractivity contribution >= 4 is 80.0 Å². The molecule has 3 aromatic rings. The van der Waals surface area contributed by atoms with E-state index in [0.29, 0.717) is 27.1 Å². The fourth-order valence-electron chi connectivity index (χ4n) is 2.73. The minimum atomic E-state index is 0.281. The van der Waals surface area contributed by atoms with Gasteiger partial charge >= 0.3 is 0 Å². The maximum Gasteiger partial charge on any atom is 0.174 e. The second-order valence-electron chi connectivity index (χ2n) is 6.24. The zero-order chi connectivity index (χ0) is 21.7. The van der Waals surface area contributed by atoms with Crippen molar-refractivity contribution in [2.24, 2.45) is 0 Å². The third kappa shape index (κ3) is 5.82. The molecule has 7 heteroatoms. The number of rotatable bonds is 6. The monoisotopic (exact) mass is 661 g/mol. The lowest BCUT2D eigenvalue weighted by molar-refractivity contribution is 0.282. The van der Waals surface area contributed by atoms with Crippen molar-refractivity contribution in [3.05, 3.63) is 88.5 Å². The van der Waals surface area contributed by atoms with Gasteiger partial charge in [0.25, 0.3) is 0 Å². The van der Waals surface area contributed by atoms with E-state index in [2.05, 4.69) is 51.3 Å². The molecule has 0 saturated heterocycles. The quantitative estimate of drug-likeness (QED) is 0.154. The van der Waals surface area contributed by atoms with Gasteiger partial charge in [0.05, 0.1) is 22.3 Å². The van der Waals surface area contributed by atoms with E-state index < -0.39 is 0 Å². The predicted molar refractivity (Wildman–Crippen MR) is 139 cm³/mol. The molecule has 3 rings (SSSR count). The number of nitrogens with zero attached hydrogens (tertiary/aromatic N) is 1. The number of nitriles is 1. The molecule has 0 unspecified atom stereocenters. The lowest BCUT2D eigenvalue weighted by Gasteiger charge is -2.14. The van der Waals surface area contributed by atoms with Crippen molar-refractivity contribution in [2.75, 3.05) is 7.11 Å². The molecule has 0 amide bonds. The molecule has 0 atom stereocenters. The molecule has 3 aromatic carbocycles. The smallest absolute Gasteiger partial charge is 0.174 e. The first-order chi connectivity index (χ1) is 14.4. The highest BCUT2D eigenvalue weighted by molar-refractivity contribution is 14.1. The summed E-state index contributed by atoms with van der Waals surface area (Å²) in [7, 11) is 1.59. The van der Waals surface area contributed by atoms with Crippen LogP contribution in [0.15, 0.2) is 54.6 Å². The largest absolute Gasteiger partial charge is 0.493 e. The second kappa shape index (κ2) is 10.7. The molecule has 0 fully saturated rings. The number of hydrogen-bond donors (Lipinski definition) is 0. The van der Waals surface area contributed by atoms with E-state index in [0.717, 1.165) is 23.8 Å². The molecule has 0 N–H and O–H groups in total. The SMILES string of the molecule is COc1cc(/C=C(/C#N)c2ccc(I)cc2)cc(I)c1OCc1ccc(Cl)cc1Cl. The Morgan fingerprint density at radius 2 is 1.80 bits per heavy atom. The molecule has 0 bridgehead atoms. The number of allylic oxidation sites excluding steroid dienone is 1. The van der Waals surface area contributed by atoms with Crippen LogP contribution in [-0.4, -0.2) is 7.11 Å². The van der Waals surface area contributed by atoms with E-state index in [9.17, 15) is 5.26 Å². The Balaban J connectivity index is 1.89. The van der Waals surface area contributed by atoms with Gasteiger partial charge < -0.3 is 9.47 Å². The van der Waals surface area contributed by atoms with E-state index in [1.54, 1.807) is 19.2 Å².